The summed E-state index contributed by atoms with van der Waals surface area (Å²) >= 11 is 1.23. The highest BCUT2D eigenvalue weighted by atomic mass is 32.2. The summed E-state index contributed by atoms with van der Waals surface area (Å²) in [4.78, 5) is 69.1. The number of nitrogens with zero attached hydrogens (tertiary/aromatic N) is 2. The van der Waals surface area contributed by atoms with E-state index in [9.17, 15) is 39.3 Å². The summed E-state index contributed by atoms with van der Waals surface area (Å²) in [6.07, 6.45) is 1.98. The van der Waals surface area contributed by atoms with E-state index in [1.165, 1.54) is 40.9 Å². The van der Waals surface area contributed by atoms with Gasteiger partial charge in [-0.05, 0) is 43.7 Å². The number of ketones is 1. The number of carbonyl (C=O) groups excluding carboxylic acids is 4. The second kappa shape index (κ2) is 10.5. The summed E-state index contributed by atoms with van der Waals surface area (Å²) in [6, 6.07) is 1.65. The molecule has 6 N–H and O–H groups in total. The van der Waals surface area contributed by atoms with Crippen molar-refractivity contribution in [1.82, 2.24) is 15.5 Å². The molecular formula is C25H26N4O9S. The SMILES string of the molecule is CC1(C)S[C@@H]2C(NC(=O)C(N=C3C(=O)C=CC(O)=C3C(=O)NCCO)c3ccc(O)cc3)C(=O)N2[C@H]1C(=O)O. The highest BCUT2D eigenvalue weighted by Crippen LogP contribution is 2.50. The van der Waals surface area contributed by atoms with Crippen LogP contribution in [0.2, 0.25) is 0 Å². The molecule has 2 saturated heterocycles. The number of aliphatic hydroxyl groups excluding tert-OH is 2. The van der Waals surface area contributed by atoms with Gasteiger partial charge >= 0.3 is 5.97 Å². The molecule has 1 aliphatic carbocycles. The van der Waals surface area contributed by atoms with Gasteiger partial charge in [0.05, 0.1) is 6.61 Å². The number of phenolic OH excluding ortho intramolecular Hbond substituents is 1. The first kappa shape index (κ1) is 27.9. The molecule has 14 heteroatoms. The van der Waals surface area contributed by atoms with Crippen LogP contribution < -0.4 is 10.6 Å². The summed E-state index contributed by atoms with van der Waals surface area (Å²) in [6.45, 7) is 2.81. The number of β-lactam (4-membered cyclic amide) rings is 1. The second-order valence-electron chi connectivity index (χ2n) is 9.49. The Morgan fingerprint density at radius 3 is 2.41 bits per heavy atom. The number of carboxylic acid groups (broad SMARTS) is 1. The maximum absolute atomic E-state index is 13.5. The number of fused-ring (bicyclic) bond motifs is 1. The fourth-order valence-electron chi connectivity index (χ4n) is 4.62. The summed E-state index contributed by atoms with van der Waals surface area (Å²) in [5.74, 6) is -4.96. The number of carboxylic acids is 1. The number of hydrogen-bond acceptors (Lipinski definition) is 10. The van der Waals surface area contributed by atoms with E-state index in [2.05, 4.69) is 15.6 Å². The number of aliphatic imine (C=N–C) groups is 1. The van der Waals surface area contributed by atoms with Crippen LogP contribution in [0.1, 0.15) is 25.5 Å². The monoisotopic (exact) mass is 558 g/mol. The van der Waals surface area contributed by atoms with Crippen LogP contribution in [0.25, 0.3) is 0 Å². The maximum atomic E-state index is 13.5. The van der Waals surface area contributed by atoms with E-state index in [-0.39, 0.29) is 17.9 Å². The number of aliphatic hydroxyl groups is 2. The second-order valence-corrected chi connectivity index (χ2v) is 11.3. The van der Waals surface area contributed by atoms with Crippen molar-refractivity contribution in [1.29, 1.82) is 0 Å². The van der Waals surface area contributed by atoms with Crippen LogP contribution in [0, 0.1) is 0 Å². The number of allylic oxidation sites excluding steroid dienone is 2. The smallest absolute Gasteiger partial charge is 0.327 e. The van der Waals surface area contributed by atoms with E-state index in [1.807, 2.05) is 0 Å². The van der Waals surface area contributed by atoms with Crippen molar-refractivity contribution in [2.75, 3.05) is 13.2 Å². The van der Waals surface area contributed by atoms with Gasteiger partial charge in [-0.2, -0.15) is 0 Å². The first-order chi connectivity index (χ1) is 18.4. The van der Waals surface area contributed by atoms with Crippen molar-refractivity contribution in [3.8, 4) is 5.75 Å². The van der Waals surface area contributed by atoms with Gasteiger partial charge in [-0.3, -0.25) is 24.2 Å². The third-order valence-electron chi connectivity index (χ3n) is 6.43. The predicted octanol–water partition coefficient (Wildman–Crippen LogP) is -0.434. The number of phenols is 1. The van der Waals surface area contributed by atoms with E-state index in [0.717, 1.165) is 12.2 Å². The fourth-order valence-corrected chi connectivity index (χ4v) is 6.24. The Hall–Kier alpha value is -4.17. The zero-order valence-corrected chi connectivity index (χ0v) is 21.6. The average Bonchev–Trinajstić information content (AvgIpc) is 3.14. The van der Waals surface area contributed by atoms with Gasteiger partial charge in [0.2, 0.25) is 17.6 Å². The van der Waals surface area contributed by atoms with E-state index >= 15 is 0 Å². The zero-order chi connectivity index (χ0) is 28.6. The minimum atomic E-state index is -1.50. The number of hydrogen-bond donors (Lipinski definition) is 6. The highest BCUT2D eigenvalue weighted by molar-refractivity contribution is 8.01. The van der Waals surface area contributed by atoms with Crippen LogP contribution in [0.5, 0.6) is 5.75 Å². The molecule has 206 valence electrons. The van der Waals surface area contributed by atoms with Crippen molar-refractivity contribution in [2.24, 2.45) is 4.99 Å². The number of aliphatic carboxylic acids is 1. The molecule has 2 aliphatic heterocycles. The number of carbonyl (C=O) groups is 5. The number of benzene rings is 1. The van der Waals surface area contributed by atoms with Gasteiger partial charge in [-0.15, -0.1) is 11.8 Å². The quantitative estimate of drug-likeness (QED) is 0.179. The Balaban J connectivity index is 1.68. The lowest BCUT2D eigenvalue weighted by Gasteiger charge is -2.43. The molecule has 4 rings (SSSR count). The lowest BCUT2D eigenvalue weighted by atomic mass is 9.95. The van der Waals surface area contributed by atoms with Gasteiger partial charge in [0.25, 0.3) is 5.91 Å². The summed E-state index contributed by atoms with van der Waals surface area (Å²) in [5, 5.41) is 43.0. The van der Waals surface area contributed by atoms with Crippen molar-refractivity contribution in [3.05, 3.63) is 53.3 Å². The highest BCUT2D eigenvalue weighted by Gasteiger charge is 2.64. The van der Waals surface area contributed by atoms with Crippen LogP contribution in [-0.4, -0.2) is 95.9 Å². The van der Waals surface area contributed by atoms with Gasteiger partial charge in [0.1, 0.15) is 40.3 Å². The number of amides is 3. The van der Waals surface area contributed by atoms with Gasteiger partial charge < -0.3 is 36.0 Å². The van der Waals surface area contributed by atoms with E-state index in [1.54, 1.807) is 13.8 Å². The van der Waals surface area contributed by atoms with Crippen LogP contribution in [0.15, 0.2) is 52.7 Å². The minimum absolute atomic E-state index is 0.113. The van der Waals surface area contributed by atoms with Gasteiger partial charge in [0.15, 0.2) is 6.04 Å². The number of rotatable bonds is 8. The van der Waals surface area contributed by atoms with Gasteiger partial charge in [-0.25, -0.2) is 4.79 Å². The molecule has 0 radical (unpaired) electrons. The predicted molar refractivity (Wildman–Crippen MR) is 138 cm³/mol. The molecule has 1 aromatic carbocycles. The molecule has 0 aromatic heterocycles. The van der Waals surface area contributed by atoms with Gasteiger partial charge in [0, 0.05) is 11.3 Å². The molecule has 2 heterocycles. The Morgan fingerprint density at radius 2 is 1.79 bits per heavy atom. The van der Waals surface area contributed by atoms with Crippen molar-refractivity contribution < 1.29 is 44.4 Å². The molecular weight excluding hydrogens is 532 g/mol. The fraction of sp³-hybridized carbons (Fsp3) is 0.360. The lowest BCUT2D eigenvalue weighted by Crippen LogP contribution is -2.70. The molecule has 0 spiro atoms. The number of thioether (sulfide) groups is 1. The molecule has 0 bridgehead atoms. The number of aromatic hydroxyl groups is 1. The molecule has 2 unspecified atom stereocenters. The van der Waals surface area contributed by atoms with Crippen LogP contribution in [0.3, 0.4) is 0 Å². The van der Waals surface area contributed by atoms with Crippen molar-refractivity contribution in [3.63, 3.8) is 0 Å². The molecule has 2 fully saturated rings. The molecule has 4 atom stereocenters. The Bertz CT molecular complexity index is 1340. The molecule has 13 nitrogen and oxygen atoms in total. The maximum Gasteiger partial charge on any atom is 0.327 e. The molecule has 39 heavy (non-hydrogen) atoms. The Morgan fingerprint density at radius 1 is 1.13 bits per heavy atom. The zero-order valence-electron chi connectivity index (χ0n) is 20.8. The normalized spacial score (nSPS) is 25.3. The van der Waals surface area contributed by atoms with E-state index < -0.39 is 81.4 Å². The van der Waals surface area contributed by atoms with Crippen LogP contribution in [-0.2, 0) is 24.0 Å². The third kappa shape index (κ3) is 5.12. The van der Waals surface area contributed by atoms with Gasteiger partial charge in [-0.1, -0.05) is 12.1 Å². The average molecular weight is 559 g/mol. The lowest BCUT2D eigenvalue weighted by molar-refractivity contribution is -0.161. The summed E-state index contributed by atoms with van der Waals surface area (Å²) < 4.78 is -0.817. The van der Waals surface area contributed by atoms with E-state index in [0.29, 0.717) is 0 Å². The largest absolute Gasteiger partial charge is 0.508 e. The molecule has 3 amide bonds. The van der Waals surface area contributed by atoms with Crippen molar-refractivity contribution in [2.45, 2.75) is 42.1 Å². The summed E-state index contributed by atoms with van der Waals surface area (Å²) in [7, 11) is 0. The standard InChI is InChI=1S/C25H26N4O9S/c1-25(2)19(24(37)38)29-22(36)18(23(29)39-25)28-21(35)16(11-3-5-12(31)6-4-11)27-17-14(33)8-7-13(32)15(17)20(34)26-9-10-30/h3-8,16,18-19,23,30-32H,9-10H2,1-2H3,(H,26,34)(H,28,35)(H,37,38)/t16?,18?,19-,23+/m0/s1. The number of nitrogens with one attached hydrogen (secondary N) is 2. The van der Waals surface area contributed by atoms with Crippen LogP contribution in [0.4, 0.5) is 0 Å². The first-order valence-corrected chi connectivity index (χ1v) is 12.7. The third-order valence-corrected chi connectivity index (χ3v) is 8.00. The Labute approximate surface area is 226 Å². The molecule has 1 aromatic rings. The first-order valence-electron chi connectivity index (χ1n) is 11.8. The minimum Gasteiger partial charge on any atom is -0.508 e. The Kier molecular flexibility index (Phi) is 7.52. The topological polar surface area (TPSA) is 206 Å². The van der Waals surface area contributed by atoms with Crippen LogP contribution >= 0.6 is 11.8 Å². The van der Waals surface area contributed by atoms with Crippen molar-refractivity contribution >= 4 is 46.9 Å². The molecule has 3 aliphatic rings. The summed E-state index contributed by atoms with van der Waals surface area (Å²) in [5.41, 5.74) is -0.834. The van der Waals surface area contributed by atoms with E-state index in [4.69, 9.17) is 5.11 Å². The molecule has 0 saturated carbocycles.